The van der Waals surface area contributed by atoms with E-state index in [2.05, 4.69) is 23.8 Å². The van der Waals surface area contributed by atoms with Crippen LogP contribution >= 0.6 is 0 Å². The highest BCUT2D eigenvalue weighted by Gasteiger charge is 2.24. The molecule has 0 spiro atoms. The van der Waals surface area contributed by atoms with Gasteiger partial charge < -0.3 is 4.74 Å². The Bertz CT molecular complexity index is 839. The van der Waals surface area contributed by atoms with Crippen LogP contribution in [-0.4, -0.2) is 22.0 Å². The van der Waals surface area contributed by atoms with E-state index in [0.717, 1.165) is 30.7 Å². The molecule has 1 heterocycles. The van der Waals surface area contributed by atoms with E-state index in [1.807, 2.05) is 36.7 Å². The molecule has 0 N–H and O–H groups in total. The first kappa shape index (κ1) is 27.4. The summed E-state index contributed by atoms with van der Waals surface area (Å²) in [7, 11) is 0. The van der Waals surface area contributed by atoms with Crippen molar-refractivity contribution >= 4 is 5.97 Å². The van der Waals surface area contributed by atoms with Crippen molar-refractivity contribution in [2.45, 2.75) is 123 Å². The molecule has 0 radical (unpaired) electrons. The topological polar surface area (TPSA) is 52.1 Å². The van der Waals surface area contributed by atoms with Crippen molar-refractivity contribution in [1.82, 2.24) is 9.97 Å². The van der Waals surface area contributed by atoms with Crippen LogP contribution in [0.5, 0.6) is 0 Å². The van der Waals surface area contributed by atoms with Gasteiger partial charge in [0, 0.05) is 18.0 Å². The molecular formula is C31H46N2O2. The smallest absolute Gasteiger partial charge is 0.338 e. The molecule has 3 rings (SSSR count). The summed E-state index contributed by atoms with van der Waals surface area (Å²) >= 11 is 0. The number of carbonyl (C=O) groups is 1. The molecular weight excluding hydrogens is 432 g/mol. The first-order valence-electron chi connectivity index (χ1n) is 14.3. The summed E-state index contributed by atoms with van der Waals surface area (Å²) in [6.45, 7) is 4.50. The molecule has 35 heavy (non-hydrogen) atoms. The van der Waals surface area contributed by atoms with Crippen LogP contribution < -0.4 is 0 Å². The van der Waals surface area contributed by atoms with E-state index in [1.54, 1.807) is 0 Å². The average molecular weight is 479 g/mol. The molecule has 0 aliphatic heterocycles. The number of hydrogen-bond acceptors (Lipinski definition) is 4. The van der Waals surface area contributed by atoms with Gasteiger partial charge in [0.1, 0.15) is 6.10 Å². The fourth-order valence-electron chi connectivity index (χ4n) is 5.12. The lowest BCUT2D eigenvalue weighted by Gasteiger charge is -2.28. The van der Waals surface area contributed by atoms with Crippen molar-refractivity contribution < 1.29 is 9.53 Å². The Labute approximate surface area is 213 Å². The summed E-state index contributed by atoms with van der Waals surface area (Å²) in [6.07, 6.45) is 23.8. The standard InChI is InChI=1S/C31H46N2O2/c1-3-5-7-9-11-13-25-15-21-29(22-16-25)35-31(34)28-19-17-27(18-20-28)30-32-23-26(24-33-30)14-12-10-8-6-4-2/h17-20,23-25,29H,3-16,21-22H2,1-2H3/t25-,29-. The van der Waals surface area contributed by atoms with Crippen LogP contribution in [-0.2, 0) is 11.2 Å². The van der Waals surface area contributed by atoms with E-state index < -0.39 is 0 Å². The van der Waals surface area contributed by atoms with E-state index in [-0.39, 0.29) is 12.1 Å². The minimum atomic E-state index is -0.209. The number of esters is 1. The number of nitrogens with zero attached hydrogens (tertiary/aromatic N) is 2. The molecule has 192 valence electrons. The second kappa shape index (κ2) is 15.7. The summed E-state index contributed by atoms with van der Waals surface area (Å²) in [4.78, 5) is 21.8. The second-order valence-electron chi connectivity index (χ2n) is 10.4. The van der Waals surface area contributed by atoms with Crippen molar-refractivity contribution in [3.8, 4) is 11.4 Å². The number of unbranched alkanes of at least 4 members (excludes halogenated alkanes) is 8. The number of ether oxygens (including phenoxy) is 1. The maximum atomic E-state index is 12.7. The van der Waals surface area contributed by atoms with Crippen LogP contribution in [0.25, 0.3) is 11.4 Å². The van der Waals surface area contributed by atoms with E-state index >= 15 is 0 Å². The maximum absolute atomic E-state index is 12.7. The van der Waals surface area contributed by atoms with Crippen molar-refractivity contribution in [3.63, 3.8) is 0 Å². The Morgan fingerprint density at radius 2 is 1.40 bits per heavy atom. The van der Waals surface area contributed by atoms with Crippen molar-refractivity contribution in [2.75, 3.05) is 0 Å². The Kier molecular flexibility index (Phi) is 12.3. The van der Waals surface area contributed by atoms with Gasteiger partial charge in [0.2, 0.25) is 0 Å². The highest BCUT2D eigenvalue weighted by molar-refractivity contribution is 5.90. The average Bonchev–Trinajstić information content (AvgIpc) is 2.90. The number of benzene rings is 1. The molecule has 2 aromatic rings. The van der Waals surface area contributed by atoms with Crippen molar-refractivity contribution in [2.24, 2.45) is 5.92 Å². The van der Waals surface area contributed by atoms with Crippen LogP contribution in [0.15, 0.2) is 36.7 Å². The molecule has 1 fully saturated rings. The van der Waals surface area contributed by atoms with E-state index in [4.69, 9.17) is 4.74 Å². The van der Waals surface area contributed by atoms with Gasteiger partial charge in [0.15, 0.2) is 5.82 Å². The van der Waals surface area contributed by atoms with Gasteiger partial charge in [-0.15, -0.1) is 0 Å². The maximum Gasteiger partial charge on any atom is 0.338 e. The fraction of sp³-hybridized carbons (Fsp3) is 0.645. The van der Waals surface area contributed by atoms with Gasteiger partial charge in [-0.3, -0.25) is 0 Å². The van der Waals surface area contributed by atoms with Gasteiger partial charge in [-0.05, 0) is 62.1 Å². The van der Waals surface area contributed by atoms with E-state index in [1.165, 1.54) is 89.0 Å². The van der Waals surface area contributed by atoms with Gasteiger partial charge in [-0.1, -0.05) is 90.2 Å². The normalized spacial score (nSPS) is 17.9. The summed E-state index contributed by atoms with van der Waals surface area (Å²) in [5.41, 5.74) is 2.72. The molecule has 1 aromatic heterocycles. The van der Waals surface area contributed by atoms with Crippen molar-refractivity contribution in [1.29, 1.82) is 0 Å². The summed E-state index contributed by atoms with van der Waals surface area (Å²) in [5.74, 6) is 1.31. The molecule has 4 heteroatoms. The molecule has 0 saturated heterocycles. The van der Waals surface area contributed by atoms with Gasteiger partial charge in [0.05, 0.1) is 5.56 Å². The van der Waals surface area contributed by atoms with Crippen molar-refractivity contribution in [3.05, 3.63) is 47.8 Å². The number of carbonyl (C=O) groups excluding carboxylic acids is 1. The van der Waals surface area contributed by atoms with Gasteiger partial charge >= 0.3 is 5.97 Å². The third-order valence-corrected chi connectivity index (χ3v) is 7.44. The number of rotatable bonds is 15. The van der Waals surface area contributed by atoms with Crippen LogP contribution in [0.4, 0.5) is 0 Å². The Hall–Kier alpha value is -2.23. The lowest BCUT2D eigenvalue weighted by Crippen LogP contribution is -2.24. The minimum Gasteiger partial charge on any atom is -0.459 e. The second-order valence-corrected chi connectivity index (χ2v) is 10.4. The highest BCUT2D eigenvalue weighted by atomic mass is 16.5. The van der Waals surface area contributed by atoms with Gasteiger partial charge in [-0.2, -0.15) is 0 Å². The Morgan fingerprint density at radius 3 is 2.03 bits per heavy atom. The zero-order valence-electron chi connectivity index (χ0n) is 22.1. The lowest BCUT2D eigenvalue weighted by atomic mass is 9.84. The monoisotopic (exact) mass is 478 g/mol. The first-order valence-corrected chi connectivity index (χ1v) is 14.3. The summed E-state index contributed by atoms with van der Waals surface area (Å²) in [6, 6.07) is 7.52. The summed E-state index contributed by atoms with van der Waals surface area (Å²) in [5, 5.41) is 0. The quantitative estimate of drug-likeness (QED) is 0.190. The van der Waals surface area contributed by atoms with Crippen LogP contribution in [0.1, 0.15) is 126 Å². The first-order chi connectivity index (χ1) is 17.2. The van der Waals surface area contributed by atoms with Crippen LogP contribution in [0, 0.1) is 5.92 Å². The zero-order valence-corrected chi connectivity index (χ0v) is 22.1. The largest absolute Gasteiger partial charge is 0.459 e. The van der Waals surface area contributed by atoms with Crippen LogP contribution in [0.2, 0.25) is 0 Å². The molecule has 0 atom stereocenters. The van der Waals surface area contributed by atoms with Crippen LogP contribution in [0.3, 0.4) is 0 Å². The fourth-order valence-corrected chi connectivity index (χ4v) is 5.12. The molecule has 0 bridgehead atoms. The zero-order chi connectivity index (χ0) is 24.7. The SMILES string of the molecule is CCCCCCCc1cnc(-c2ccc(C(=O)O[C@H]3CC[C@H](CCCCCCC)CC3)cc2)nc1. The molecule has 4 nitrogen and oxygen atoms in total. The lowest BCUT2D eigenvalue weighted by molar-refractivity contribution is 0.0161. The highest BCUT2D eigenvalue weighted by Crippen LogP contribution is 2.30. The molecule has 0 amide bonds. The molecule has 0 unspecified atom stereocenters. The van der Waals surface area contributed by atoms with Gasteiger partial charge in [-0.25, -0.2) is 14.8 Å². The predicted molar refractivity (Wildman–Crippen MR) is 144 cm³/mol. The minimum absolute atomic E-state index is 0.0661. The third kappa shape index (κ3) is 9.74. The number of hydrogen-bond donors (Lipinski definition) is 0. The Morgan fingerprint density at radius 1 is 0.800 bits per heavy atom. The molecule has 1 aliphatic rings. The molecule has 1 saturated carbocycles. The van der Waals surface area contributed by atoms with E-state index in [0.29, 0.717) is 11.4 Å². The van der Waals surface area contributed by atoms with E-state index in [9.17, 15) is 4.79 Å². The summed E-state index contributed by atoms with van der Waals surface area (Å²) < 4.78 is 5.84. The number of aromatic nitrogens is 2. The van der Waals surface area contributed by atoms with Gasteiger partial charge in [0.25, 0.3) is 0 Å². The molecule has 1 aromatic carbocycles. The Balaban J connectivity index is 1.39. The molecule has 1 aliphatic carbocycles. The number of aryl methyl sites for hydroxylation is 1. The predicted octanol–water partition coefficient (Wildman–Crippen LogP) is 8.73. The third-order valence-electron chi connectivity index (χ3n) is 7.44.